The minimum absolute atomic E-state index is 0.0892. The lowest BCUT2D eigenvalue weighted by atomic mass is 9.54. The molecule has 6 heteroatoms. The van der Waals surface area contributed by atoms with Crippen molar-refractivity contribution in [1.29, 1.82) is 0 Å². The van der Waals surface area contributed by atoms with E-state index in [-0.39, 0.29) is 29.0 Å². The molecule has 3 unspecified atom stereocenters. The molecule has 1 heterocycles. The standard InChI is InChI=1S/C27H31FN2O3/c1-27-11-9-21-20-7-5-18(28)13-16(20)3-6-22(21)26(27)17(14-23(27)31)4-8-25(32)30-24-15-19(33-2)10-12-29-24/h5,7,10,12-13,15,17,21-22,26H,3-4,6,8-9,11,14H2,1-2H3,(H,29,30,32)/t17-,21?,22?,26?,27-/m1/s1. The quantitative estimate of drug-likeness (QED) is 0.671. The average Bonchev–Trinajstić information content (AvgIpc) is 3.07. The molecule has 0 aliphatic heterocycles. The van der Waals surface area contributed by atoms with Crippen molar-refractivity contribution in [3.63, 3.8) is 0 Å². The molecule has 2 aromatic rings. The van der Waals surface area contributed by atoms with Gasteiger partial charge in [-0.05, 0) is 85.1 Å². The lowest BCUT2D eigenvalue weighted by molar-refractivity contribution is -0.129. The summed E-state index contributed by atoms with van der Waals surface area (Å²) in [4.78, 5) is 30.0. The Hall–Kier alpha value is -2.76. The Bertz CT molecular complexity index is 1090. The topological polar surface area (TPSA) is 68.3 Å². The van der Waals surface area contributed by atoms with Gasteiger partial charge >= 0.3 is 0 Å². The van der Waals surface area contributed by atoms with E-state index in [0.29, 0.717) is 48.4 Å². The Labute approximate surface area is 194 Å². The number of aryl methyl sites for hydroxylation is 1. The van der Waals surface area contributed by atoms with E-state index in [1.165, 1.54) is 5.56 Å². The first-order valence-corrected chi connectivity index (χ1v) is 12.0. The molecule has 0 spiro atoms. The molecule has 2 fully saturated rings. The van der Waals surface area contributed by atoms with Gasteiger partial charge in [-0.1, -0.05) is 13.0 Å². The molecule has 3 aliphatic carbocycles. The van der Waals surface area contributed by atoms with Crippen molar-refractivity contribution >= 4 is 17.5 Å². The number of aromatic nitrogens is 1. The predicted octanol–water partition coefficient (Wildman–Crippen LogP) is 5.30. The van der Waals surface area contributed by atoms with E-state index < -0.39 is 0 Å². The molecule has 1 N–H and O–H groups in total. The Morgan fingerprint density at radius 1 is 1.27 bits per heavy atom. The number of anilines is 1. The number of rotatable bonds is 5. The van der Waals surface area contributed by atoms with Crippen LogP contribution in [0, 0.1) is 29.0 Å². The fraction of sp³-hybridized carbons (Fsp3) is 0.519. The van der Waals surface area contributed by atoms with Crippen LogP contribution in [-0.4, -0.2) is 23.8 Å². The highest BCUT2D eigenvalue weighted by Gasteiger charge is 2.58. The summed E-state index contributed by atoms with van der Waals surface area (Å²) in [5, 5.41) is 2.86. The SMILES string of the molecule is COc1ccnc(NC(=O)CC[C@@H]2CC(=O)[C@@]3(C)CCC4c5ccc(F)cc5CCC4C23)c1. The number of halogens is 1. The van der Waals surface area contributed by atoms with Crippen molar-refractivity contribution in [2.75, 3.05) is 12.4 Å². The van der Waals surface area contributed by atoms with Crippen molar-refractivity contribution in [3.8, 4) is 5.75 Å². The van der Waals surface area contributed by atoms with Crippen LogP contribution in [-0.2, 0) is 16.0 Å². The third-order valence-electron chi connectivity index (χ3n) is 8.51. The summed E-state index contributed by atoms with van der Waals surface area (Å²) in [6, 6.07) is 8.65. The second-order valence-corrected chi connectivity index (χ2v) is 10.2. The second kappa shape index (κ2) is 8.54. The summed E-state index contributed by atoms with van der Waals surface area (Å²) in [6.07, 6.45) is 6.94. The molecule has 1 aromatic heterocycles. The van der Waals surface area contributed by atoms with Gasteiger partial charge in [0.25, 0.3) is 0 Å². The van der Waals surface area contributed by atoms with Crippen molar-refractivity contribution in [2.45, 2.75) is 57.8 Å². The number of methoxy groups -OCH3 is 1. The largest absolute Gasteiger partial charge is 0.497 e. The third-order valence-corrected chi connectivity index (χ3v) is 8.51. The number of nitrogens with zero attached hydrogens (tertiary/aromatic N) is 1. The summed E-state index contributed by atoms with van der Waals surface area (Å²) in [7, 11) is 1.58. The number of Topliss-reactive ketones (excluding diaryl/α,β-unsaturated/α-hetero) is 1. The Balaban J connectivity index is 1.31. The molecule has 174 valence electrons. The number of carbonyl (C=O) groups is 2. The Kier molecular flexibility index (Phi) is 5.71. The fourth-order valence-corrected chi connectivity index (χ4v) is 7.00. The van der Waals surface area contributed by atoms with E-state index in [4.69, 9.17) is 4.74 Å². The summed E-state index contributed by atoms with van der Waals surface area (Å²) < 4.78 is 19.0. The lowest BCUT2D eigenvalue weighted by Gasteiger charge is -2.50. The number of fused-ring (bicyclic) bond motifs is 5. The van der Waals surface area contributed by atoms with Crippen LogP contribution in [0.25, 0.3) is 0 Å². The molecule has 2 saturated carbocycles. The van der Waals surface area contributed by atoms with Crippen LogP contribution >= 0.6 is 0 Å². The maximum Gasteiger partial charge on any atom is 0.225 e. The first-order chi connectivity index (χ1) is 15.9. The monoisotopic (exact) mass is 450 g/mol. The molecular weight excluding hydrogens is 419 g/mol. The molecule has 3 aliphatic rings. The Morgan fingerprint density at radius 2 is 2.12 bits per heavy atom. The third kappa shape index (κ3) is 3.94. The maximum atomic E-state index is 13.8. The summed E-state index contributed by atoms with van der Waals surface area (Å²) >= 11 is 0. The number of ether oxygens (including phenoxy) is 1. The number of carbonyl (C=O) groups excluding carboxylic acids is 2. The fourth-order valence-electron chi connectivity index (χ4n) is 7.00. The number of amides is 1. The highest BCUT2D eigenvalue weighted by atomic mass is 19.1. The smallest absolute Gasteiger partial charge is 0.225 e. The van der Waals surface area contributed by atoms with Gasteiger partial charge in [0.1, 0.15) is 23.2 Å². The summed E-state index contributed by atoms with van der Waals surface area (Å²) in [5.74, 6) is 2.51. The van der Waals surface area contributed by atoms with Crippen molar-refractivity contribution < 1.29 is 18.7 Å². The molecule has 0 radical (unpaired) electrons. The number of hydrogen-bond donors (Lipinski definition) is 1. The number of ketones is 1. The van der Waals surface area contributed by atoms with Gasteiger partial charge in [0.2, 0.25) is 5.91 Å². The number of nitrogens with one attached hydrogen (secondary N) is 1. The number of benzene rings is 1. The first-order valence-electron chi connectivity index (χ1n) is 12.0. The predicted molar refractivity (Wildman–Crippen MR) is 124 cm³/mol. The van der Waals surface area contributed by atoms with Crippen LogP contribution in [0.2, 0.25) is 0 Å². The van der Waals surface area contributed by atoms with Gasteiger partial charge in [0.15, 0.2) is 0 Å². The van der Waals surface area contributed by atoms with Crippen LogP contribution in [0.1, 0.15) is 62.5 Å². The van der Waals surface area contributed by atoms with Crippen molar-refractivity contribution in [2.24, 2.45) is 23.2 Å². The van der Waals surface area contributed by atoms with Crippen LogP contribution in [0.15, 0.2) is 36.5 Å². The molecule has 0 bridgehead atoms. The van der Waals surface area contributed by atoms with Gasteiger partial charge in [0.05, 0.1) is 7.11 Å². The highest BCUT2D eigenvalue weighted by Crippen LogP contribution is 2.62. The van der Waals surface area contributed by atoms with Crippen molar-refractivity contribution in [1.82, 2.24) is 4.98 Å². The zero-order valence-electron chi connectivity index (χ0n) is 19.3. The van der Waals surface area contributed by atoms with E-state index in [1.54, 1.807) is 37.6 Å². The zero-order chi connectivity index (χ0) is 23.2. The van der Waals surface area contributed by atoms with Crippen LogP contribution in [0.5, 0.6) is 5.75 Å². The summed E-state index contributed by atoms with van der Waals surface area (Å²) in [6.45, 7) is 2.15. The van der Waals surface area contributed by atoms with Gasteiger partial charge in [-0.15, -0.1) is 0 Å². The molecule has 5 rings (SSSR count). The van der Waals surface area contributed by atoms with Crippen LogP contribution < -0.4 is 10.1 Å². The Morgan fingerprint density at radius 3 is 2.94 bits per heavy atom. The molecule has 5 nitrogen and oxygen atoms in total. The van der Waals surface area contributed by atoms with E-state index in [1.807, 2.05) is 6.07 Å². The van der Waals surface area contributed by atoms with Crippen molar-refractivity contribution in [3.05, 3.63) is 53.5 Å². The molecule has 1 aromatic carbocycles. The van der Waals surface area contributed by atoms with Gasteiger partial charge in [0, 0.05) is 30.5 Å². The first kappa shape index (κ1) is 22.1. The number of hydrogen-bond acceptors (Lipinski definition) is 4. The van der Waals surface area contributed by atoms with Gasteiger partial charge in [-0.25, -0.2) is 9.37 Å². The molecule has 33 heavy (non-hydrogen) atoms. The van der Waals surface area contributed by atoms with Gasteiger partial charge in [-0.2, -0.15) is 0 Å². The van der Waals surface area contributed by atoms with Crippen LogP contribution in [0.3, 0.4) is 0 Å². The van der Waals surface area contributed by atoms with E-state index in [2.05, 4.69) is 17.2 Å². The number of pyridine rings is 1. The molecule has 5 atom stereocenters. The summed E-state index contributed by atoms with van der Waals surface area (Å²) in [5.41, 5.74) is 2.11. The van der Waals surface area contributed by atoms with E-state index >= 15 is 0 Å². The molecule has 0 saturated heterocycles. The second-order valence-electron chi connectivity index (χ2n) is 10.2. The zero-order valence-corrected chi connectivity index (χ0v) is 19.3. The maximum absolute atomic E-state index is 13.8. The highest BCUT2D eigenvalue weighted by molar-refractivity contribution is 5.90. The van der Waals surface area contributed by atoms with Crippen LogP contribution in [0.4, 0.5) is 10.2 Å². The minimum Gasteiger partial charge on any atom is -0.497 e. The lowest BCUT2D eigenvalue weighted by Crippen LogP contribution is -2.44. The van der Waals surface area contributed by atoms with E-state index in [0.717, 1.165) is 31.2 Å². The molecular formula is C27H31FN2O3. The average molecular weight is 451 g/mol. The van der Waals surface area contributed by atoms with E-state index in [9.17, 15) is 14.0 Å². The normalized spacial score (nSPS) is 30.2. The molecule has 1 amide bonds. The minimum atomic E-state index is -0.297. The van der Waals surface area contributed by atoms with Gasteiger partial charge in [-0.3, -0.25) is 9.59 Å². The van der Waals surface area contributed by atoms with Gasteiger partial charge < -0.3 is 10.1 Å².